The first-order valence-corrected chi connectivity index (χ1v) is 19.1. The van der Waals surface area contributed by atoms with E-state index in [1.165, 1.54) is 13.8 Å². The molecule has 16 heteroatoms. The summed E-state index contributed by atoms with van der Waals surface area (Å²) in [4.78, 5) is 66.4. The quantitative estimate of drug-likeness (QED) is 0.0445. The van der Waals surface area contributed by atoms with Crippen molar-refractivity contribution in [3.8, 4) is 5.75 Å². The van der Waals surface area contributed by atoms with Crippen LogP contribution in [-0.4, -0.2) is 60.3 Å². The van der Waals surface area contributed by atoms with Gasteiger partial charge in [0, 0.05) is 6.42 Å². The second kappa shape index (κ2) is 18.5. The molecule has 0 radical (unpaired) electrons. The fourth-order valence-electron chi connectivity index (χ4n) is 4.78. The molecule has 0 unspecified atom stereocenters. The molecule has 0 aliphatic carbocycles. The molecule has 4 rings (SSSR count). The van der Waals surface area contributed by atoms with Crippen molar-refractivity contribution in [2.24, 2.45) is 16.6 Å². The molecule has 0 spiro atoms. The van der Waals surface area contributed by atoms with Crippen LogP contribution >= 0.6 is 20.2 Å². The number of benzene rings is 3. The number of azide groups is 1. The van der Waals surface area contributed by atoms with Gasteiger partial charge in [-0.3, -0.25) is 9.59 Å². The molecule has 4 amide bonds. The molecule has 268 valence electrons. The van der Waals surface area contributed by atoms with E-state index in [2.05, 4.69) is 26.0 Å². The number of halogens is 1. The zero-order chi connectivity index (χ0) is 36.9. The first-order valence-electron chi connectivity index (χ1n) is 15.9. The Morgan fingerprint density at radius 3 is 2.10 bits per heavy atom. The summed E-state index contributed by atoms with van der Waals surface area (Å²) in [6, 6.07) is 18.8. The van der Waals surface area contributed by atoms with Gasteiger partial charge in [0.2, 0.25) is 11.8 Å². The Balaban J connectivity index is 1.54. The first-order chi connectivity index (χ1) is 24.4. The zero-order valence-electron chi connectivity index (χ0n) is 28.0. The molecule has 7 N–H and O–H groups in total. The predicted molar refractivity (Wildman–Crippen MR) is 197 cm³/mol. The van der Waals surface area contributed by atoms with Crippen molar-refractivity contribution >= 4 is 49.8 Å². The van der Waals surface area contributed by atoms with E-state index in [1.807, 2.05) is 18.2 Å². The van der Waals surface area contributed by atoms with Crippen molar-refractivity contribution in [3.05, 3.63) is 119 Å². The van der Waals surface area contributed by atoms with E-state index in [4.69, 9.17) is 24.8 Å². The minimum Gasteiger partial charge on any atom is -0.368 e. The van der Waals surface area contributed by atoms with Gasteiger partial charge >= 0.3 is 203 Å². The predicted octanol–water partition coefficient (Wildman–Crippen LogP) is 3.16. The summed E-state index contributed by atoms with van der Waals surface area (Å²) in [5.41, 5.74) is 21.8. The van der Waals surface area contributed by atoms with Crippen LogP contribution in [0.2, 0.25) is 0 Å². The number of fused-ring (bicyclic) bond motifs is 1. The van der Waals surface area contributed by atoms with Crippen LogP contribution in [0.4, 0.5) is 0 Å². The third-order valence-corrected chi connectivity index (χ3v) is 11.8. The SMILES string of the molecule is C[C@H](N)C(=O)N[C@@H](Cc1ccccc1)C(=O)N[C@@H](Cc1ccc(O/C(=C/I2OC(=O)c3ccccc32)CCN=[N+]=[N-])cc1)C(=O)N[C@@H](C)C(N)=O. The van der Waals surface area contributed by atoms with E-state index in [0.717, 1.165) is 9.13 Å². The van der Waals surface area contributed by atoms with Gasteiger partial charge in [-0.15, -0.1) is 0 Å². The van der Waals surface area contributed by atoms with Crippen molar-refractivity contribution in [1.29, 1.82) is 0 Å². The van der Waals surface area contributed by atoms with E-state index in [-0.39, 0.29) is 31.8 Å². The van der Waals surface area contributed by atoms with Crippen molar-refractivity contribution in [1.82, 2.24) is 16.0 Å². The molecule has 1 aliphatic rings. The topological polar surface area (TPSA) is 241 Å². The number of amides is 4. The van der Waals surface area contributed by atoms with Gasteiger partial charge in [-0.1, -0.05) is 30.3 Å². The maximum atomic E-state index is 13.6. The number of rotatable bonds is 17. The molecule has 15 nitrogen and oxygen atoms in total. The summed E-state index contributed by atoms with van der Waals surface area (Å²) in [6.45, 7) is 3.04. The summed E-state index contributed by atoms with van der Waals surface area (Å²) in [5, 5.41) is 11.5. The number of nitrogens with one attached hydrogen (secondary N) is 3. The Labute approximate surface area is 302 Å². The fraction of sp³-hybridized carbons (Fsp3) is 0.286. The van der Waals surface area contributed by atoms with E-state index in [9.17, 15) is 24.0 Å². The molecule has 0 bridgehead atoms. The van der Waals surface area contributed by atoms with Crippen LogP contribution in [0, 0.1) is 3.57 Å². The van der Waals surface area contributed by atoms with E-state index >= 15 is 0 Å². The van der Waals surface area contributed by atoms with Gasteiger partial charge in [0.05, 0.1) is 6.04 Å². The molecule has 1 heterocycles. The van der Waals surface area contributed by atoms with Crippen LogP contribution in [-0.2, 0) is 35.1 Å². The molecule has 4 atom stereocenters. The summed E-state index contributed by atoms with van der Waals surface area (Å²) >= 11 is -2.54. The average molecular weight is 811 g/mol. The number of hydrogen-bond donors (Lipinski definition) is 5. The second-order valence-corrected chi connectivity index (χ2v) is 15.4. The standard InChI is InChI=1S/C35H39IN8O7/c1-21(37)32(46)42-30(18-23-8-4-3-5-9-23)34(48)43-29(33(47)41-22(2)31(38)45)19-24-12-14-25(15-13-24)50-26(16-17-40-44-39)20-36-28-11-7-6-10-27(28)35(49)51-36/h3-15,20-22,29-30H,16-19,37H2,1-2H3,(H2,38,45)(H,41,47)(H,42,46)(H,43,48)/b26-20+/t21-,22-,29-,30-/m0/s1. The molecule has 0 aromatic heterocycles. The maximum absolute atomic E-state index is 13.6. The van der Waals surface area contributed by atoms with E-state index in [1.54, 1.807) is 64.7 Å². The first kappa shape index (κ1) is 38.4. The monoisotopic (exact) mass is 810 g/mol. The van der Waals surface area contributed by atoms with E-state index < -0.39 is 68.0 Å². The van der Waals surface area contributed by atoms with Gasteiger partial charge in [-0.2, -0.15) is 0 Å². The number of nitrogens with zero attached hydrogens (tertiary/aromatic N) is 3. The average Bonchev–Trinajstić information content (AvgIpc) is 3.43. The van der Waals surface area contributed by atoms with Crippen LogP contribution in [0.1, 0.15) is 41.8 Å². The van der Waals surface area contributed by atoms with E-state index in [0.29, 0.717) is 22.6 Å². The van der Waals surface area contributed by atoms with Crippen molar-refractivity contribution < 1.29 is 31.8 Å². The Bertz CT molecular complexity index is 1810. The van der Waals surface area contributed by atoms with Crippen molar-refractivity contribution in [3.63, 3.8) is 0 Å². The molecule has 0 fully saturated rings. The smallest absolute Gasteiger partial charge is 0.368 e. The Hall–Kier alpha value is -5.45. The molecule has 3 aromatic rings. The van der Waals surface area contributed by atoms with Gasteiger partial charge in [0.25, 0.3) is 0 Å². The molecular weight excluding hydrogens is 771 g/mol. The van der Waals surface area contributed by atoms with Gasteiger partial charge < -0.3 is 16.8 Å². The fourth-order valence-corrected chi connectivity index (χ4v) is 8.75. The Morgan fingerprint density at radius 1 is 0.882 bits per heavy atom. The minimum absolute atomic E-state index is 0.00478. The van der Waals surface area contributed by atoms with Gasteiger partial charge in [-0.25, -0.2) is 0 Å². The number of nitrogens with two attached hydrogens (primary N) is 2. The third-order valence-electron chi connectivity index (χ3n) is 7.55. The Morgan fingerprint density at radius 2 is 1.47 bits per heavy atom. The molecule has 0 saturated carbocycles. The van der Waals surface area contributed by atoms with Crippen LogP contribution in [0.5, 0.6) is 5.75 Å². The summed E-state index contributed by atoms with van der Waals surface area (Å²) in [7, 11) is 0. The zero-order valence-corrected chi connectivity index (χ0v) is 30.1. The third kappa shape index (κ3) is 11.3. The number of carbonyl (C=O) groups is 5. The number of primary amides is 1. The normalized spacial score (nSPS) is 15.2. The summed E-state index contributed by atoms with van der Waals surface area (Å²) < 4.78 is 14.5. The summed E-state index contributed by atoms with van der Waals surface area (Å²) in [6.07, 6.45) is 0.397. The number of carbonyl (C=O) groups excluding carboxylic acids is 5. The molecule has 3 aromatic carbocycles. The van der Waals surface area contributed by atoms with Crippen LogP contribution < -0.4 is 32.2 Å². The van der Waals surface area contributed by atoms with Crippen molar-refractivity contribution in [2.75, 3.05) is 6.54 Å². The van der Waals surface area contributed by atoms with Crippen LogP contribution in [0.15, 0.2) is 93.8 Å². The molecule has 1 aliphatic heterocycles. The Kier molecular flexibility index (Phi) is 13.9. The van der Waals surface area contributed by atoms with Crippen LogP contribution in [0.3, 0.4) is 0 Å². The minimum atomic E-state index is -2.54. The van der Waals surface area contributed by atoms with Crippen LogP contribution in [0.25, 0.3) is 10.4 Å². The molecule has 0 saturated heterocycles. The number of hydrogen-bond acceptors (Lipinski definition) is 9. The van der Waals surface area contributed by atoms with Gasteiger partial charge in [0.1, 0.15) is 0 Å². The van der Waals surface area contributed by atoms with Gasteiger partial charge in [-0.05, 0) is 19.4 Å². The molecular formula is C35H39IN8O7. The van der Waals surface area contributed by atoms with Crippen molar-refractivity contribution in [2.45, 2.75) is 57.3 Å². The number of ether oxygens (including phenoxy) is 1. The van der Waals surface area contributed by atoms with Gasteiger partial charge in [0.15, 0.2) is 0 Å². The second-order valence-electron chi connectivity index (χ2n) is 11.6. The molecule has 51 heavy (non-hydrogen) atoms. The summed E-state index contributed by atoms with van der Waals surface area (Å²) in [5.74, 6) is -2.09.